The zero-order valence-electron chi connectivity index (χ0n) is 15.4. The van der Waals surface area contributed by atoms with Crippen LogP contribution < -0.4 is 0 Å². The van der Waals surface area contributed by atoms with Gasteiger partial charge in [0.25, 0.3) is 5.91 Å². The second-order valence-electron chi connectivity index (χ2n) is 7.63. The number of aliphatic hydroxyl groups is 2. The molecule has 1 aromatic carbocycles. The highest BCUT2D eigenvalue weighted by molar-refractivity contribution is 5.95. The average Bonchev–Trinajstić information content (AvgIpc) is 2.67. The fourth-order valence-corrected chi connectivity index (χ4v) is 4.00. The quantitative estimate of drug-likeness (QED) is 0.849. The Balaban J connectivity index is 1.57. The molecule has 3 rings (SSSR count). The van der Waals surface area contributed by atoms with Crippen molar-refractivity contribution in [3.8, 4) is 0 Å². The molecule has 2 aliphatic rings. The Morgan fingerprint density at radius 1 is 1.15 bits per heavy atom. The molecule has 1 atom stereocenters. The molecule has 142 valence electrons. The van der Waals surface area contributed by atoms with Crippen LogP contribution in [-0.2, 0) is 4.79 Å². The molecule has 0 unspecified atom stereocenters. The van der Waals surface area contributed by atoms with Crippen molar-refractivity contribution in [2.75, 3.05) is 32.8 Å². The highest BCUT2D eigenvalue weighted by Gasteiger charge is 2.38. The van der Waals surface area contributed by atoms with Crippen LogP contribution in [0.3, 0.4) is 0 Å². The molecule has 0 spiro atoms. The van der Waals surface area contributed by atoms with Gasteiger partial charge in [-0.3, -0.25) is 9.59 Å². The van der Waals surface area contributed by atoms with Crippen LogP contribution in [0.15, 0.2) is 24.3 Å². The van der Waals surface area contributed by atoms with Gasteiger partial charge in [-0.25, -0.2) is 0 Å². The van der Waals surface area contributed by atoms with Gasteiger partial charge in [-0.15, -0.1) is 0 Å². The fourth-order valence-electron chi connectivity index (χ4n) is 4.00. The molecule has 2 N–H and O–H groups in total. The van der Waals surface area contributed by atoms with Crippen molar-refractivity contribution in [2.45, 2.75) is 38.2 Å². The van der Waals surface area contributed by atoms with Crippen molar-refractivity contribution in [3.63, 3.8) is 0 Å². The molecule has 2 heterocycles. The summed E-state index contributed by atoms with van der Waals surface area (Å²) in [5.41, 5.74) is 0.517. The number of hydrogen-bond donors (Lipinski definition) is 2. The fraction of sp³-hybridized carbons (Fsp3) is 0.600. The van der Waals surface area contributed by atoms with Crippen LogP contribution in [0.1, 0.15) is 41.6 Å². The third-order valence-electron chi connectivity index (χ3n) is 5.67. The van der Waals surface area contributed by atoms with Crippen molar-refractivity contribution in [2.24, 2.45) is 5.92 Å². The number of benzene rings is 1. The lowest BCUT2D eigenvalue weighted by Crippen LogP contribution is -2.54. The molecular formula is C20H28N2O4. The third-order valence-corrected chi connectivity index (χ3v) is 5.67. The van der Waals surface area contributed by atoms with E-state index < -0.39 is 5.60 Å². The van der Waals surface area contributed by atoms with E-state index in [9.17, 15) is 19.8 Å². The number of aryl methyl sites for hydroxylation is 1. The van der Waals surface area contributed by atoms with Gasteiger partial charge >= 0.3 is 0 Å². The van der Waals surface area contributed by atoms with Gasteiger partial charge in [0.05, 0.1) is 13.2 Å². The van der Waals surface area contributed by atoms with E-state index in [-0.39, 0.29) is 30.9 Å². The Kier molecular flexibility index (Phi) is 5.63. The standard InChI is InChI=1S/C20H28N2O4/c1-15-5-2-3-6-17(15)19(25)21-11-7-16(8-12-21)18(24)22-10-4-9-20(26,13-22)14-23/h2-3,5-6,16,23,26H,4,7-14H2,1H3/t20-/m0/s1. The maximum atomic E-state index is 12.8. The summed E-state index contributed by atoms with van der Waals surface area (Å²) in [5, 5.41) is 19.6. The minimum atomic E-state index is -1.17. The van der Waals surface area contributed by atoms with Crippen molar-refractivity contribution in [1.82, 2.24) is 9.80 Å². The first-order valence-electron chi connectivity index (χ1n) is 9.40. The van der Waals surface area contributed by atoms with Crippen LogP contribution in [0.25, 0.3) is 0 Å². The van der Waals surface area contributed by atoms with E-state index in [1.807, 2.05) is 36.1 Å². The van der Waals surface area contributed by atoms with Gasteiger partial charge in [0.15, 0.2) is 0 Å². The molecule has 0 aliphatic carbocycles. The summed E-state index contributed by atoms with van der Waals surface area (Å²) in [6.07, 6.45) is 2.51. The third kappa shape index (κ3) is 3.91. The Labute approximate surface area is 154 Å². The van der Waals surface area contributed by atoms with Crippen LogP contribution in [0.5, 0.6) is 0 Å². The molecular weight excluding hydrogens is 332 g/mol. The van der Waals surface area contributed by atoms with E-state index in [4.69, 9.17) is 0 Å². The van der Waals surface area contributed by atoms with Crippen LogP contribution in [-0.4, -0.2) is 70.2 Å². The van der Waals surface area contributed by atoms with E-state index in [1.165, 1.54) is 0 Å². The zero-order chi connectivity index (χ0) is 18.7. The average molecular weight is 360 g/mol. The smallest absolute Gasteiger partial charge is 0.254 e. The number of amides is 2. The summed E-state index contributed by atoms with van der Waals surface area (Å²) in [6, 6.07) is 7.57. The van der Waals surface area contributed by atoms with Gasteiger partial charge in [-0.1, -0.05) is 18.2 Å². The van der Waals surface area contributed by atoms with Gasteiger partial charge in [0.1, 0.15) is 5.60 Å². The Morgan fingerprint density at radius 3 is 2.50 bits per heavy atom. The second kappa shape index (κ2) is 7.76. The number of rotatable bonds is 3. The molecule has 6 nitrogen and oxygen atoms in total. The number of aliphatic hydroxyl groups excluding tert-OH is 1. The summed E-state index contributed by atoms with van der Waals surface area (Å²) in [5.74, 6) is -0.0434. The van der Waals surface area contributed by atoms with E-state index in [1.54, 1.807) is 4.90 Å². The molecule has 2 fully saturated rings. The van der Waals surface area contributed by atoms with Gasteiger partial charge in [-0.2, -0.15) is 0 Å². The summed E-state index contributed by atoms with van der Waals surface area (Å²) in [7, 11) is 0. The number of likely N-dealkylation sites (tertiary alicyclic amines) is 2. The molecule has 0 radical (unpaired) electrons. The minimum Gasteiger partial charge on any atom is -0.393 e. The topological polar surface area (TPSA) is 81.1 Å². The van der Waals surface area contributed by atoms with Crippen LogP contribution in [0.2, 0.25) is 0 Å². The lowest BCUT2D eigenvalue weighted by molar-refractivity contribution is -0.146. The molecule has 26 heavy (non-hydrogen) atoms. The number of β-amino-alcohol motifs (C(OH)–C–C–N with tert-alkyl or cyclic N) is 1. The molecule has 0 bridgehead atoms. The summed E-state index contributed by atoms with van der Waals surface area (Å²) in [6.45, 7) is 3.58. The van der Waals surface area contributed by atoms with Crippen molar-refractivity contribution < 1.29 is 19.8 Å². The molecule has 2 amide bonds. The van der Waals surface area contributed by atoms with Gasteiger partial charge in [0.2, 0.25) is 5.91 Å². The largest absolute Gasteiger partial charge is 0.393 e. The second-order valence-corrected chi connectivity index (χ2v) is 7.63. The molecule has 6 heteroatoms. The summed E-state index contributed by atoms with van der Waals surface area (Å²) >= 11 is 0. The van der Waals surface area contributed by atoms with Crippen molar-refractivity contribution >= 4 is 11.8 Å². The van der Waals surface area contributed by atoms with E-state index in [0.29, 0.717) is 45.3 Å². The highest BCUT2D eigenvalue weighted by Crippen LogP contribution is 2.26. The van der Waals surface area contributed by atoms with Gasteiger partial charge < -0.3 is 20.0 Å². The predicted molar refractivity (Wildman–Crippen MR) is 97.7 cm³/mol. The van der Waals surface area contributed by atoms with E-state index in [0.717, 1.165) is 11.1 Å². The lowest BCUT2D eigenvalue weighted by atomic mass is 9.90. The predicted octanol–water partition coefficient (Wildman–Crippen LogP) is 1.19. The highest BCUT2D eigenvalue weighted by atomic mass is 16.3. The summed E-state index contributed by atoms with van der Waals surface area (Å²) in [4.78, 5) is 29.0. The monoisotopic (exact) mass is 360 g/mol. The maximum absolute atomic E-state index is 12.8. The first-order chi connectivity index (χ1) is 12.4. The Morgan fingerprint density at radius 2 is 1.85 bits per heavy atom. The first kappa shape index (κ1) is 18.9. The van der Waals surface area contributed by atoms with Crippen molar-refractivity contribution in [1.29, 1.82) is 0 Å². The molecule has 0 saturated carbocycles. The van der Waals surface area contributed by atoms with Crippen LogP contribution in [0.4, 0.5) is 0 Å². The van der Waals surface area contributed by atoms with Gasteiger partial charge in [0, 0.05) is 31.1 Å². The van der Waals surface area contributed by atoms with E-state index in [2.05, 4.69) is 0 Å². The first-order valence-corrected chi connectivity index (χ1v) is 9.40. The molecule has 0 aromatic heterocycles. The molecule has 2 aliphatic heterocycles. The Bertz CT molecular complexity index is 670. The normalized spacial score (nSPS) is 24.6. The number of piperidine rings is 2. The van der Waals surface area contributed by atoms with Crippen LogP contribution >= 0.6 is 0 Å². The maximum Gasteiger partial charge on any atom is 0.254 e. The lowest BCUT2D eigenvalue weighted by Gasteiger charge is -2.41. The van der Waals surface area contributed by atoms with Gasteiger partial charge in [-0.05, 0) is 44.2 Å². The SMILES string of the molecule is Cc1ccccc1C(=O)N1CCC(C(=O)N2CCC[C@@](O)(CO)C2)CC1. The molecule has 2 saturated heterocycles. The minimum absolute atomic E-state index is 0.0293. The summed E-state index contributed by atoms with van der Waals surface area (Å²) < 4.78 is 0. The van der Waals surface area contributed by atoms with Crippen LogP contribution in [0, 0.1) is 12.8 Å². The molecule has 1 aromatic rings. The van der Waals surface area contributed by atoms with E-state index >= 15 is 0 Å². The number of hydrogen-bond acceptors (Lipinski definition) is 4. The zero-order valence-corrected chi connectivity index (χ0v) is 15.4. The number of carbonyl (C=O) groups is 2. The Hall–Kier alpha value is -1.92. The number of carbonyl (C=O) groups excluding carboxylic acids is 2. The number of nitrogens with zero attached hydrogens (tertiary/aromatic N) is 2. The van der Waals surface area contributed by atoms with Crippen molar-refractivity contribution in [3.05, 3.63) is 35.4 Å².